The second kappa shape index (κ2) is 8.66. The Labute approximate surface area is 174 Å². The molecule has 29 heavy (non-hydrogen) atoms. The first-order valence-corrected chi connectivity index (χ1v) is 10.4. The van der Waals surface area contributed by atoms with E-state index in [1.54, 1.807) is 22.8 Å². The topological polar surface area (TPSA) is 64.0 Å². The maximum absolute atomic E-state index is 12.7. The van der Waals surface area contributed by atoms with Crippen molar-refractivity contribution < 1.29 is 4.79 Å². The molecule has 0 aliphatic rings. The highest BCUT2D eigenvalue weighted by molar-refractivity contribution is 7.99. The molecule has 5 nitrogen and oxygen atoms in total. The molecule has 0 bridgehead atoms. The van der Waals surface area contributed by atoms with Crippen LogP contribution in [0.5, 0.6) is 0 Å². The fourth-order valence-corrected chi connectivity index (χ4v) is 3.74. The van der Waals surface area contributed by atoms with Gasteiger partial charge in [-0.1, -0.05) is 62.9 Å². The van der Waals surface area contributed by atoms with Crippen molar-refractivity contribution in [2.75, 3.05) is 11.1 Å². The monoisotopic (exact) mass is 407 g/mol. The third-order valence-corrected chi connectivity index (χ3v) is 5.48. The molecule has 3 rings (SSSR count). The summed E-state index contributed by atoms with van der Waals surface area (Å²) >= 11 is 1.24. The molecule has 0 unspecified atom stereocenters. The zero-order valence-electron chi connectivity index (χ0n) is 16.9. The van der Waals surface area contributed by atoms with Crippen molar-refractivity contribution in [3.05, 3.63) is 77.1 Å². The quantitative estimate of drug-likeness (QED) is 0.368. The number of carbonyl (C=O) groups excluding carboxylic acids is 1. The largest absolute Gasteiger partial charge is 0.325 e. The molecule has 6 heteroatoms. The fourth-order valence-electron chi connectivity index (χ4n) is 2.93. The lowest BCUT2D eigenvalue weighted by Gasteiger charge is -2.19. The van der Waals surface area contributed by atoms with Gasteiger partial charge in [-0.25, -0.2) is 4.98 Å². The van der Waals surface area contributed by atoms with Crippen LogP contribution in [0.1, 0.15) is 26.3 Å². The summed E-state index contributed by atoms with van der Waals surface area (Å²) < 4.78 is 1.55. The lowest BCUT2D eigenvalue weighted by atomic mass is 9.87. The molecule has 2 aromatic carbocycles. The Morgan fingerprint density at radius 1 is 1.17 bits per heavy atom. The number of amides is 1. The molecule has 1 N–H and O–H groups in total. The lowest BCUT2D eigenvalue weighted by Crippen LogP contribution is -2.23. The van der Waals surface area contributed by atoms with Crippen molar-refractivity contribution in [2.45, 2.75) is 37.9 Å². The fraction of sp³-hybridized carbons (Fsp3) is 0.261. The molecule has 0 fully saturated rings. The van der Waals surface area contributed by atoms with Gasteiger partial charge in [0.15, 0.2) is 5.16 Å². The number of fused-ring (bicyclic) bond motifs is 1. The van der Waals surface area contributed by atoms with Gasteiger partial charge in [0.25, 0.3) is 5.56 Å². The van der Waals surface area contributed by atoms with Crippen LogP contribution in [-0.2, 0) is 16.8 Å². The van der Waals surface area contributed by atoms with E-state index in [1.165, 1.54) is 17.3 Å². The van der Waals surface area contributed by atoms with E-state index in [-0.39, 0.29) is 22.6 Å². The molecule has 1 amide bonds. The number of para-hydroxylation sites is 1. The molecule has 3 aromatic rings. The Morgan fingerprint density at radius 2 is 1.86 bits per heavy atom. The molecule has 0 spiro atoms. The minimum Gasteiger partial charge on any atom is -0.325 e. The van der Waals surface area contributed by atoms with E-state index in [0.29, 0.717) is 22.6 Å². The van der Waals surface area contributed by atoms with Crippen LogP contribution in [0.25, 0.3) is 10.9 Å². The van der Waals surface area contributed by atoms with Gasteiger partial charge in [-0.3, -0.25) is 14.2 Å². The van der Waals surface area contributed by atoms with Gasteiger partial charge in [0.2, 0.25) is 5.91 Å². The van der Waals surface area contributed by atoms with Crippen LogP contribution in [0.15, 0.2) is 71.1 Å². The van der Waals surface area contributed by atoms with Gasteiger partial charge >= 0.3 is 0 Å². The molecule has 0 aliphatic heterocycles. The number of nitrogens with zero attached hydrogens (tertiary/aromatic N) is 2. The molecule has 0 aliphatic carbocycles. The van der Waals surface area contributed by atoms with Gasteiger partial charge in [0.1, 0.15) is 0 Å². The first-order chi connectivity index (χ1) is 13.8. The summed E-state index contributed by atoms with van der Waals surface area (Å²) in [4.78, 5) is 29.7. The number of hydrogen-bond donors (Lipinski definition) is 1. The van der Waals surface area contributed by atoms with E-state index in [2.05, 4.69) is 37.7 Å². The SMILES string of the molecule is C=CCn1c(SCC(=O)Nc2ccc(C(C)(C)C)cc2)nc2ccccc2c1=O. The highest BCUT2D eigenvalue weighted by Crippen LogP contribution is 2.24. The number of anilines is 1. The van der Waals surface area contributed by atoms with Crippen molar-refractivity contribution >= 4 is 34.3 Å². The van der Waals surface area contributed by atoms with E-state index in [1.807, 2.05) is 36.4 Å². The number of aromatic nitrogens is 2. The summed E-state index contributed by atoms with van der Waals surface area (Å²) in [5, 5.41) is 3.96. The first-order valence-electron chi connectivity index (χ1n) is 9.43. The van der Waals surface area contributed by atoms with Gasteiger partial charge in [-0.2, -0.15) is 0 Å². The standard InChI is InChI=1S/C23H25N3O2S/c1-5-14-26-21(28)18-8-6-7-9-19(18)25-22(26)29-15-20(27)24-17-12-10-16(11-13-17)23(2,3)4/h5-13H,1,14-15H2,2-4H3,(H,24,27). The van der Waals surface area contributed by atoms with E-state index in [0.717, 1.165) is 5.69 Å². The number of nitrogens with one attached hydrogen (secondary N) is 1. The average Bonchev–Trinajstić information content (AvgIpc) is 2.68. The van der Waals surface area contributed by atoms with Crippen LogP contribution < -0.4 is 10.9 Å². The summed E-state index contributed by atoms with van der Waals surface area (Å²) in [6.07, 6.45) is 1.65. The van der Waals surface area contributed by atoms with Crippen molar-refractivity contribution in [3.8, 4) is 0 Å². The van der Waals surface area contributed by atoms with Crippen molar-refractivity contribution in [3.63, 3.8) is 0 Å². The zero-order valence-corrected chi connectivity index (χ0v) is 17.8. The van der Waals surface area contributed by atoms with Crippen LogP contribution in [0.4, 0.5) is 5.69 Å². The lowest BCUT2D eigenvalue weighted by molar-refractivity contribution is -0.113. The minimum atomic E-state index is -0.147. The Bertz CT molecular complexity index is 1100. The number of allylic oxidation sites excluding steroid dienone is 1. The minimum absolute atomic E-state index is 0.0644. The van der Waals surface area contributed by atoms with Crippen LogP contribution in [0.2, 0.25) is 0 Å². The highest BCUT2D eigenvalue weighted by atomic mass is 32.2. The number of hydrogen-bond acceptors (Lipinski definition) is 4. The van der Waals surface area contributed by atoms with Crippen LogP contribution in [0, 0.1) is 0 Å². The molecular weight excluding hydrogens is 382 g/mol. The predicted molar refractivity (Wildman–Crippen MR) is 121 cm³/mol. The highest BCUT2D eigenvalue weighted by Gasteiger charge is 2.14. The summed E-state index contributed by atoms with van der Waals surface area (Å²) in [5.74, 6) is 0.00854. The summed E-state index contributed by atoms with van der Waals surface area (Å²) in [6, 6.07) is 15.1. The smallest absolute Gasteiger partial charge is 0.262 e. The summed E-state index contributed by atoms with van der Waals surface area (Å²) in [6.45, 7) is 10.5. The van der Waals surface area contributed by atoms with E-state index < -0.39 is 0 Å². The van der Waals surface area contributed by atoms with E-state index in [4.69, 9.17) is 0 Å². The second-order valence-electron chi connectivity index (χ2n) is 7.78. The van der Waals surface area contributed by atoms with Gasteiger partial charge in [-0.05, 0) is 35.2 Å². The molecule has 1 heterocycles. The summed E-state index contributed by atoms with van der Waals surface area (Å²) in [7, 11) is 0. The molecule has 0 saturated heterocycles. The Balaban J connectivity index is 1.74. The molecule has 1 aromatic heterocycles. The van der Waals surface area contributed by atoms with E-state index in [9.17, 15) is 9.59 Å². The van der Waals surface area contributed by atoms with Crippen molar-refractivity contribution in [1.82, 2.24) is 9.55 Å². The number of thioether (sulfide) groups is 1. The number of benzene rings is 2. The van der Waals surface area contributed by atoms with Crippen LogP contribution in [0.3, 0.4) is 0 Å². The van der Waals surface area contributed by atoms with Gasteiger partial charge in [-0.15, -0.1) is 6.58 Å². The zero-order chi connectivity index (χ0) is 21.0. The molecular formula is C23H25N3O2S. The van der Waals surface area contributed by atoms with Crippen molar-refractivity contribution in [2.24, 2.45) is 0 Å². The number of rotatable bonds is 6. The average molecular weight is 408 g/mol. The van der Waals surface area contributed by atoms with Gasteiger partial charge < -0.3 is 5.32 Å². The van der Waals surface area contributed by atoms with Crippen LogP contribution >= 0.6 is 11.8 Å². The Kier molecular flexibility index (Phi) is 6.23. The molecule has 150 valence electrons. The van der Waals surface area contributed by atoms with Crippen molar-refractivity contribution in [1.29, 1.82) is 0 Å². The first kappa shape index (κ1) is 20.9. The van der Waals surface area contributed by atoms with Gasteiger partial charge in [0, 0.05) is 12.2 Å². The maximum Gasteiger partial charge on any atom is 0.262 e. The van der Waals surface area contributed by atoms with Crippen LogP contribution in [-0.4, -0.2) is 21.2 Å². The Hall–Kier alpha value is -2.86. The Morgan fingerprint density at radius 3 is 2.52 bits per heavy atom. The maximum atomic E-state index is 12.7. The second-order valence-corrected chi connectivity index (χ2v) is 8.72. The van der Waals surface area contributed by atoms with Gasteiger partial charge in [0.05, 0.1) is 16.7 Å². The third kappa shape index (κ3) is 4.95. The summed E-state index contributed by atoms with van der Waals surface area (Å²) in [5.41, 5.74) is 2.52. The normalized spacial score (nSPS) is 11.4. The number of carbonyl (C=O) groups is 1. The molecule has 0 saturated carbocycles. The molecule has 0 radical (unpaired) electrons. The van der Waals surface area contributed by atoms with E-state index >= 15 is 0 Å². The predicted octanol–water partition coefficient (Wildman–Crippen LogP) is 4.61. The molecule has 0 atom stereocenters. The third-order valence-electron chi connectivity index (χ3n) is 4.51.